The maximum atomic E-state index is 6.34. The van der Waals surface area contributed by atoms with Crippen molar-refractivity contribution in [2.24, 2.45) is 0 Å². The molecule has 9 aromatic carbocycles. The Labute approximate surface area is 426 Å². The molecule has 348 valence electrons. The molecule has 0 saturated carbocycles. The van der Waals surface area contributed by atoms with Crippen molar-refractivity contribution in [2.45, 2.75) is 12.3 Å². The van der Waals surface area contributed by atoms with Crippen LogP contribution in [0.25, 0.3) is 134 Å². The molecular weight excluding hydrogens is 907 g/mol. The quantitative estimate of drug-likeness (QED) is 0.142. The number of nitrogens with zero attached hydrogens (tertiary/aromatic N) is 5. The number of hydrogen-bond donors (Lipinski definition) is 0. The summed E-state index contributed by atoms with van der Waals surface area (Å²) in [5, 5.41) is 4.21. The molecule has 0 fully saturated rings. The van der Waals surface area contributed by atoms with Gasteiger partial charge in [0.05, 0.1) is 11.4 Å². The second-order valence-corrected chi connectivity index (χ2v) is 18.8. The van der Waals surface area contributed by atoms with E-state index in [1.54, 1.807) is 0 Å². The predicted molar refractivity (Wildman–Crippen MR) is 299 cm³/mol. The lowest BCUT2D eigenvalue weighted by molar-refractivity contribution is 0.668. The first-order valence-electron chi connectivity index (χ1n) is 24.9. The van der Waals surface area contributed by atoms with Gasteiger partial charge in [0.1, 0.15) is 28.2 Å². The Balaban J connectivity index is 0.874. The monoisotopic (exact) mass is 949 g/mol. The zero-order valence-corrected chi connectivity index (χ0v) is 39.9. The Hall–Kier alpha value is -9.85. The molecule has 4 aromatic heterocycles. The Morgan fingerprint density at radius 3 is 1.28 bits per heavy atom. The summed E-state index contributed by atoms with van der Waals surface area (Å²) in [6.45, 7) is 0. The van der Waals surface area contributed by atoms with Crippen molar-refractivity contribution in [3.63, 3.8) is 0 Å². The first kappa shape index (κ1) is 43.0. The van der Waals surface area contributed by atoms with Gasteiger partial charge in [0.2, 0.25) is 0 Å². The maximum absolute atomic E-state index is 6.34. The predicted octanol–water partition coefficient (Wildman–Crippen LogP) is 17.4. The Morgan fingerprint density at radius 1 is 0.297 bits per heavy atom. The molecule has 7 heteroatoms. The summed E-state index contributed by atoms with van der Waals surface area (Å²) in [4.78, 5) is 26.1. The highest BCUT2D eigenvalue weighted by molar-refractivity contribution is 6.07. The minimum atomic E-state index is 0.0425. The Morgan fingerprint density at radius 2 is 0.730 bits per heavy atom. The third kappa shape index (κ3) is 8.03. The van der Waals surface area contributed by atoms with Crippen molar-refractivity contribution in [1.82, 2.24) is 24.9 Å². The SMILES string of the molecule is C1=CCC(c2nc(-c3cccc(-c4cccc(-c5nc(-c6ccc7c(c6)oc6ccccc67)nc(-c6ccc7c(c6)oc6ccccc67)n5)c4)c3)cc(-c3cc(-c4ccccc4)cc(-c4ccccc4)c3)n2)C=C1. The second kappa shape index (κ2) is 18.1. The highest BCUT2D eigenvalue weighted by Crippen LogP contribution is 2.38. The van der Waals surface area contributed by atoms with Crippen LogP contribution in [0.4, 0.5) is 0 Å². The van der Waals surface area contributed by atoms with E-state index in [9.17, 15) is 0 Å². The average Bonchev–Trinajstić information content (AvgIpc) is 4.06. The van der Waals surface area contributed by atoms with E-state index in [4.69, 9.17) is 33.8 Å². The van der Waals surface area contributed by atoms with Crippen LogP contribution in [-0.4, -0.2) is 24.9 Å². The fraction of sp³-hybridized carbons (Fsp3) is 0.0299. The molecule has 7 nitrogen and oxygen atoms in total. The van der Waals surface area contributed by atoms with Crippen molar-refractivity contribution in [3.05, 3.63) is 249 Å². The number of fused-ring (bicyclic) bond motifs is 6. The molecule has 1 aliphatic rings. The fourth-order valence-electron chi connectivity index (χ4n) is 10.3. The highest BCUT2D eigenvalue weighted by Gasteiger charge is 2.20. The van der Waals surface area contributed by atoms with Gasteiger partial charge in [-0.05, 0) is 113 Å². The van der Waals surface area contributed by atoms with Crippen LogP contribution in [0.2, 0.25) is 0 Å². The van der Waals surface area contributed by atoms with Crippen molar-refractivity contribution in [2.75, 3.05) is 0 Å². The first-order chi connectivity index (χ1) is 36.6. The van der Waals surface area contributed by atoms with E-state index in [1.165, 1.54) is 0 Å². The third-order valence-corrected chi connectivity index (χ3v) is 14.0. The standard InChI is InChI=1S/C67H43N5O2/c1-4-16-42(17-5-1)51-36-52(43-18-6-2-7-19-43)38-53(37-51)59-41-58(68-64(69-59)44-20-8-3-9-21-44)47-24-14-22-45(34-47)46-23-15-25-48(35-46)65-70-66(49-30-32-56-54-26-10-12-28-60(54)73-62(56)39-49)72-67(71-65)50-31-33-57-55-27-11-13-29-61(55)74-63(57)40-50/h1-20,22-41,44H,21H2. The first-order valence-corrected chi connectivity index (χ1v) is 24.9. The van der Waals surface area contributed by atoms with E-state index in [0.717, 1.165) is 129 Å². The fourth-order valence-corrected chi connectivity index (χ4v) is 10.3. The topological polar surface area (TPSA) is 90.7 Å². The number of para-hydroxylation sites is 2. The van der Waals surface area contributed by atoms with Gasteiger partial charge in [0.25, 0.3) is 0 Å². The molecule has 0 saturated heterocycles. The molecule has 13 aromatic rings. The Bertz CT molecular complexity index is 4170. The van der Waals surface area contributed by atoms with E-state index in [0.29, 0.717) is 17.5 Å². The van der Waals surface area contributed by atoms with Gasteiger partial charge in [-0.15, -0.1) is 0 Å². The molecule has 0 radical (unpaired) electrons. The third-order valence-electron chi connectivity index (χ3n) is 14.0. The normalized spacial score (nSPS) is 13.4. The molecule has 74 heavy (non-hydrogen) atoms. The molecule has 14 rings (SSSR count). The number of benzene rings is 9. The van der Waals surface area contributed by atoms with E-state index >= 15 is 0 Å². The summed E-state index contributed by atoms with van der Waals surface area (Å²) in [7, 11) is 0. The molecular formula is C67H43N5O2. The highest BCUT2D eigenvalue weighted by atomic mass is 16.3. The zero-order valence-electron chi connectivity index (χ0n) is 39.9. The number of furan rings is 2. The van der Waals surface area contributed by atoms with Crippen LogP contribution in [0.15, 0.2) is 252 Å². The minimum absolute atomic E-state index is 0.0425. The van der Waals surface area contributed by atoms with Gasteiger partial charge in [0.15, 0.2) is 17.5 Å². The van der Waals surface area contributed by atoms with Gasteiger partial charge < -0.3 is 8.83 Å². The van der Waals surface area contributed by atoms with Gasteiger partial charge in [-0.25, -0.2) is 24.9 Å². The summed E-state index contributed by atoms with van der Waals surface area (Å²) in [6, 6.07) is 75.6. The van der Waals surface area contributed by atoms with Gasteiger partial charge in [0, 0.05) is 55.3 Å². The van der Waals surface area contributed by atoms with E-state index in [1.807, 2.05) is 48.5 Å². The van der Waals surface area contributed by atoms with E-state index < -0.39 is 0 Å². The van der Waals surface area contributed by atoms with Crippen molar-refractivity contribution in [1.29, 1.82) is 0 Å². The molecule has 0 bridgehead atoms. The van der Waals surface area contributed by atoms with Gasteiger partial charge >= 0.3 is 0 Å². The summed E-state index contributed by atoms with van der Waals surface area (Å²) in [5.74, 6) is 2.45. The molecule has 1 unspecified atom stereocenters. The van der Waals surface area contributed by atoms with Crippen LogP contribution in [0.5, 0.6) is 0 Å². The van der Waals surface area contributed by atoms with Gasteiger partial charge in [-0.1, -0.05) is 170 Å². The van der Waals surface area contributed by atoms with Gasteiger partial charge in [-0.3, -0.25) is 0 Å². The lowest BCUT2D eigenvalue weighted by atomic mass is 9.94. The summed E-state index contributed by atoms with van der Waals surface area (Å²) < 4.78 is 12.7. The number of hydrogen-bond acceptors (Lipinski definition) is 7. The van der Waals surface area contributed by atoms with Gasteiger partial charge in [-0.2, -0.15) is 0 Å². The number of allylic oxidation sites excluding steroid dienone is 4. The molecule has 1 atom stereocenters. The smallest absolute Gasteiger partial charge is 0.164 e. The summed E-state index contributed by atoms with van der Waals surface area (Å²) in [6.07, 6.45) is 9.41. The minimum Gasteiger partial charge on any atom is -0.456 e. The average molecular weight is 950 g/mol. The van der Waals surface area contributed by atoms with E-state index in [-0.39, 0.29) is 5.92 Å². The summed E-state index contributed by atoms with van der Waals surface area (Å²) in [5.41, 5.74) is 16.0. The molecule has 0 spiro atoms. The molecule has 4 heterocycles. The van der Waals surface area contributed by atoms with Crippen LogP contribution in [0.3, 0.4) is 0 Å². The van der Waals surface area contributed by atoms with Crippen molar-refractivity contribution < 1.29 is 8.83 Å². The lowest BCUT2D eigenvalue weighted by Gasteiger charge is -2.16. The summed E-state index contributed by atoms with van der Waals surface area (Å²) >= 11 is 0. The number of rotatable bonds is 9. The van der Waals surface area contributed by atoms with Crippen LogP contribution >= 0.6 is 0 Å². The molecule has 0 N–H and O–H groups in total. The van der Waals surface area contributed by atoms with E-state index in [2.05, 4.69) is 194 Å². The molecule has 1 aliphatic carbocycles. The van der Waals surface area contributed by atoms with Crippen LogP contribution in [-0.2, 0) is 0 Å². The lowest BCUT2D eigenvalue weighted by Crippen LogP contribution is -2.05. The Kier molecular flexibility index (Phi) is 10.5. The molecule has 0 amide bonds. The van der Waals surface area contributed by atoms with Crippen LogP contribution in [0.1, 0.15) is 18.2 Å². The largest absolute Gasteiger partial charge is 0.456 e. The maximum Gasteiger partial charge on any atom is 0.164 e. The van der Waals surface area contributed by atoms with Crippen molar-refractivity contribution in [3.8, 4) is 90.1 Å². The molecule has 0 aliphatic heterocycles. The van der Waals surface area contributed by atoms with Crippen LogP contribution in [0, 0.1) is 0 Å². The second-order valence-electron chi connectivity index (χ2n) is 18.8. The number of aromatic nitrogens is 5. The van der Waals surface area contributed by atoms with Crippen LogP contribution < -0.4 is 0 Å². The zero-order chi connectivity index (χ0) is 49.0. The van der Waals surface area contributed by atoms with Crippen molar-refractivity contribution >= 4 is 43.9 Å².